The molecule has 6 heteroatoms. The number of fused-ring (bicyclic) bond motifs is 1. The lowest BCUT2D eigenvalue weighted by Crippen LogP contribution is -2.23. The topological polar surface area (TPSA) is 62.1 Å². The molecule has 2 aliphatic heterocycles. The SMILES string of the molecule is CC1=Nc2ccc(S)cc2C(=O)C1c1ccc(OCCCN2CCCC2)cc1O. The molecule has 1 unspecified atom stereocenters. The zero-order valence-corrected chi connectivity index (χ0v) is 17.5. The summed E-state index contributed by atoms with van der Waals surface area (Å²) in [5.74, 6) is 0.00354. The van der Waals surface area contributed by atoms with Crippen molar-refractivity contribution >= 4 is 29.8 Å². The van der Waals surface area contributed by atoms with Gasteiger partial charge in [0, 0.05) is 34.3 Å². The third-order valence-corrected chi connectivity index (χ3v) is 5.90. The number of phenolic OH excluding ortho intramolecular Hbond substituents is 1. The summed E-state index contributed by atoms with van der Waals surface area (Å²) >= 11 is 4.33. The molecule has 2 aromatic rings. The zero-order chi connectivity index (χ0) is 20.4. The first-order chi connectivity index (χ1) is 14.0. The van der Waals surface area contributed by atoms with E-state index >= 15 is 0 Å². The standard InChI is InChI=1S/C23H26N2O3S/c1-15-22(23(27)19-14-17(29)6-8-20(19)24-15)18-7-5-16(13-21(18)26)28-12-4-11-25-9-2-3-10-25/h5-8,13-14,22,26,29H,2-4,9-12H2,1H3. The van der Waals surface area contributed by atoms with Gasteiger partial charge in [-0.25, -0.2) is 0 Å². The smallest absolute Gasteiger partial charge is 0.178 e. The molecule has 1 fully saturated rings. The molecule has 2 aromatic carbocycles. The number of hydrogen-bond acceptors (Lipinski definition) is 6. The lowest BCUT2D eigenvalue weighted by Gasteiger charge is -2.23. The Morgan fingerprint density at radius 1 is 1.21 bits per heavy atom. The van der Waals surface area contributed by atoms with Gasteiger partial charge in [0.25, 0.3) is 0 Å². The minimum absolute atomic E-state index is 0.0559. The average Bonchev–Trinajstić information content (AvgIpc) is 3.21. The van der Waals surface area contributed by atoms with E-state index in [1.165, 1.54) is 25.9 Å². The molecule has 1 saturated heterocycles. The Hall–Kier alpha value is -2.31. The second kappa shape index (κ2) is 8.59. The van der Waals surface area contributed by atoms with Crippen molar-refractivity contribution in [1.82, 2.24) is 4.90 Å². The molecule has 0 aliphatic carbocycles. The average molecular weight is 411 g/mol. The number of thiol groups is 1. The Bertz CT molecular complexity index is 951. The first-order valence-electron chi connectivity index (χ1n) is 10.1. The van der Waals surface area contributed by atoms with Crippen molar-refractivity contribution in [3.05, 3.63) is 47.5 Å². The van der Waals surface area contributed by atoms with Gasteiger partial charge in [0.1, 0.15) is 11.5 Å². The molecule has 29 heavy (non-hydrogen) atoms. The fraction of sp³-hybridized carbons (Fsp3) is 0.391. The Kier molecular flexibility index (Phi) is 5.92. The molecule has 0 bridgehead atoms. The van der Waals surface area contributed by atoms with Crippen LogP contribution in [0.4, 0.5) is 5.69 Å². The number of ketones is 1. The van der Waals surface area contributed by atoms with Gasteiger partial charge in [-0.3, -0.25) is 9.79 Å². The van der Waals surface area contributed by atoms with E-state index in [9.17, 15) is 9.90 Å². The van der Waals surface area contributed by atoms with Crippen LogP contribution in [0.2, 0.25) is 0 Å². The maximum absolute atomic E-state index is 13.1. The van der Waals surface area contributed by atoms with Crippen LogP contribution in [-0.2, 0) is 0 Å². The highest BCUT2D eigenvalue weighted by molar-refractivity contribution is 7.80. The van der Waals surface area contributed by atoms with Crippen LogP contribution in [0.1, 0.15) is 48.0 Å². The number of carbonyl (C=O) groups excluding carboxylic acids is 1. The lowest BCUT2D eigenvalue weighted by atomic mass is 9.84. The summed E-state index contributed by atoms with van der Waals surface area (Å²) in [6.45, 7) is 5.84. The maximum atomic E-state index is 13.1. The van der Waals surface area contributed by atoms with Crippen LogP contribution < -0.4 is 4.74 Å². The number of phenols is 1. The lowest BCUT2D eigenvalue weighted by molar-refractivity contribution is 0.0980. The number of aliphatic imine (C=N–C) groups is 1. The predicted molar refractivity (Wildman–Crippen MR) is 117 cm³/mol. The van der Waals surface area contributed by atoms with Crippen molar-refractivity contribution in [3.8, 4) is 11.5 Å². The molecule has 5 nitrogen and oxygen atoms in total. The van der Waals surface area contributed by atoms with E-state index in [1.54, 1.807) is 24.3 Å². The molecule has 2 aliphatic rings. The van der Waals surface area contributed by atoms with Crippen LogP contribution in [0, 0.1) is 0 Å². The van der Waals surface area contributed by atoms with Gasteiger partial charge < -0.3 is 14.7 Å². The quantitative estimate of drug-likeness (QED) is 0.539. The highest BCUT2D eigenvalue weighted by Gasteiger charge is 2.32. The van der Waals surface area contributed by atoms with Gasteiger partial charge in [-0.2, -0.15) is 0 Å². The molecule has 0 spiro atoms. The third kappa shape index (κ3) is 4.33. The number of nitrogens with zero attached hydrogens (tertiary/aromatic N) is 2. The molecule has 0 saturated carbocycles. The van der Waals surface area contributed by atoms with Crippen LogP contribution in [0.5, 0.6) is 11.5 Å². The Morgan fingerprint density at radius 2 is 2.00 bits per heavy atom. The van der Waals surface area contributed by atoms with E-state index in [0.717, 1.165) is 13.0 Å². The van der Waals surface area contributed by atoms with Crippen molar-refractivity contribution in [2.75, 3.05) is 26.2 Å². The second-order valence-electron chi connectivity index (χ2n) is 7.72. The van der Waals surface area contributed by atoms with Crippen molar-refractivity contribution < 1.29 is 14.6 Å². The van der Waals surface area contributed by atoms with Crippen LogP contribution >= 0.6 is 12.6 Å². The van der Waals surface area contributed by atoms with E-state index < -0.39 is 5.92 Å². The Labute approximate surface area is 176 Å². The molecule has 2 heterocycles. The number of rotatable bonds is 6. The minimum atomic E-state index is -0.596. The number of hydrogen-bond donors (Lipinski definition) is 2. The van der Waals surface area contributed by atoms with Gasteiger partial charge in [0.15, 0.2) is 5.78 Å². The summed E-state index contributed by atoms with van der Waals surface area (Å²) in [5, 5.41) is 10.6. The predicted octanol–water partition coefficient (Wildman–Crippen LogP) is 4.62. The highest BCUT2D eigenvalue weighted by Crippen LogP contribution is 2.39. The fourth-order valence-corrected chi connectivity index (χ4v) is 4.33. The molecule has 0 amide bonds. The first-order valence-corrected chi connectivity index (χ1v) is 10.6. The molecular formula is C23H26N2O3S. The van der Waals surface area contributed by atoms with E-state index in [2.05, 4.69) is 22.5 Å². The highest BCUT2D eigenvalue weighted by atomic mass is 32.1. The summed E-state index contributed by atoms with van der Waals surface area (Å²) in [4.78, 5) is 20.8. The van der Waals surface area contributed by atoms with Crippen LogP contribution in [0.3, 0.4) is 0 Å². The minimum Gasteiger partial charge on any atom is -0.507 e. The Balaban J connectivity index is 1.45. The molecular weight excluding hydrogens is 384 g/mol. The van der Waals surface area contributed by atoms with Crippen molar-refractivity contribution in [3.63, 3.8) is 0 Å². The molecule has 1 N–H and O–H groups in total. The summed E-state index contributed by atoms with van der Waals surface area (Å²) in [5.41, 5.74) is 2.41. The van der Waals surface area contributed by atoms with Gasteiger partial charge in [0.05, 0.1) is 18.2 Å². The van der Waals surface area contributed by atoms with Crippen LogP contribution in [0.15, 0.2) is 46.3 Å². The monoisotopic (exact) mass is 410 g/mol. The first kappa shape index (κ1) is 20.0. The van der Waals surface area contributed by atoms with Gasteiger partial charge in [-0.15, -0.1) is 12.6 Å². The van der Waals surface area contributed by atoms with Gasteiger partial charge in [-0.05, 0) is 63.5 Å². The molecule has 152 valence electrons. The maximum Gasteiger partial charge on any atom is 0.178 e. The molecule has 1 atom stereocenters. The molecule has 0 radical (unpaired) electrons. The van der Waals surface area contributed by atoms with Crippen molar-refractivity contribution in [2.24, 2.45) is 4.99 Å². The van der Waals surface area contributed by atoms with Crippen LogP contribution in [-0.4, -0.2) is 47.7 Å². The van der Waals surface area contributed by atoms with Crippen molar-refractivity contribution in [2.45, 2.75) is 37.0 Å². The van der Waals surface area contributed by atoms with E-state index in [-0.39, 0.29) is 11.5 Å². The Morgan fingerprint density at radius 3 is 2.76 bits per heavy atom. The summed E-state index contributed by atoms with van der Waals surface area (Å²) in [6.07, 6.45) is 3.54. The van der Waals surface area contributed by atoms with Gasteiger partial charge >= 0.3 is 0 Å². The number of likely N-dealkylation sites (tertiary alicyclic amines) is 1. The van der Waals surface area contributed by atoms with Crippen molar-refractivity contribution in [1.29, 1.82) is 0 Å². The largest absolute Gasteiger partial charge is 0.507 e. The zero-order valence-electron chi connectivity index (χ0n) is 16.6. The van der Waals surface area contributed by atoms with E-state index in [1.807, 2.05) is 19.1 Å². The fourth-order valence-electron chi connectivity index (χ4n) is 4.13. The van der Waals surface area contributed by atoms with Gasteiger partial charge in [0.2, 0.25) is 0 Å². The summed E-state index contributed by atoms with van der Waals surface area (Å²) in [7, 11) is 0. The van der Waals surface area contributed by atoms with E-state index in [4.69, 9.17) is 4.74 Å². The number of ether oxygens (including phenoxy) is 1. The number of aromatic hydroxyl groups is 1. The summed E-state index contributed by atoms with van der Waals surface area (Å²) < 4.78 is 5.80. The number of benzene rings is 2. The van der Waals surface area contributed by atoms with Gasteiger partial charge in [-0.1, -0.05) is 6.07 Å². The normalized spacial score (nSPS) is 19.2. The number of carbonyl (C=O) groups is 1. The molecule has 0 aromatic heterocycles. The number of Topliss-reactive ketones (excluding diaryl/α,β-unsaturated/α-hetero) is 1. The van der Waals surface area contributed by atoms with Crippen LogP contribution in [0.25, 0.3) is 0 Å². The summed E-state index contributed by atoms with van der Waals surface area (Å²) in [6, 6.07) is 10.5. The third-order valence-electron chi connectivity index (χ3n) is 5.62. The second-order valence-corrected chi connectivity index (χ2v) is 8.24. The molecule has 4 rings (SSSR count). The van der Waals surface area contributed by atoms with E-state index in [0.29, 0.717) is 39.8 Å².